The summed E-state index contributed by atoms with van der Waals surface area (Å²) in [6, 6.07) is 10.6. The van der Waals surface area contributed by atoms with E-state index in [1.807, 2.05) is 36.0 Å². The Labute approximate surface area is 125 Å². The largest absolute Gasteiger partial charge is 0.478 e. The van der Waals surface area contributed by atoms with Crippen LogP contribution in [-0.4, -0.2) is 24.2 Å². The molecule has 0 bridgehead atoms. The van der Waals surface area contributed by atoms with Crippen molar-refractivity contribution in [1.29, 1.82) is 5.26 Å². The van der Waals surface area contributed by atoms with Crippen molar-refractivity contribution >= 4 is 11.8 Å². The van der Waals surface area contributed by atoms with Gasteiger partial charge in [-0.15, -0.1) is 0 Å². The lowest BCUT2D eigenvalue weighted by molar-refractivity contribution is 0.354. The topological polar surface area (TPSA) is 45.0 Å². The Morgan fingerprint density at radius 1 is 1.35 bits per heavy atom. The Balaban J connectivity index is 1.94. The minimum Gasteiger partial charge on any atom is -0.478 e. The number of para-hydroxylation sites is 1. The molecule has 1 aromatic rings. The number of hydrogen-bond donors (Lipinski definition) is 1. The third-order valence-corrected chi connectivity index (χ3v) is 4.99. The van der Waals surface area contributed by atoms with E-state index in [9.17, 15) is 0 Å². The smallest absolute Gasteiger partial charge is 0.174 e. The van der Waals surface area contributed by atoms with Crippen LogP contribution in [0.15, 0.2) is 24.3 Å². The summed E-state index contributed by atoms with van der Waals surface area (Å²) in [4.78, 5) is 0. The number of thioether (sulfide) groups is 1. The van der Waals surface area contributed by atoms with Crippen molar-refractivity contribution in [3.05, 3.63) is 29.8 Å². The molecule has 0 radical (unpaired) electrons. The van der Waals surface area contributed by atoms with E-state index in [1.165, 1.54) is 25.7 Å². The van der Waals surface area contributed by atoms with Gasteiger partial charge in [-0.1, -0.05) is 31.0 Å². The maximum absolute atomic E-state index is 8.63. The SMILES string of the molecule is CSC1CCCCC1NCc1ccccc1OCC#N. The van der Waals surface area contributed by atoms with Gasteiger partial charge in [0.2, 0.25) is 0 Å². The molecule has 108 valence electrons. The zero-order valence-electron chi connectivity index (χ0n) is 12.0. The minimum atomic E-state index is 0.105. The van der Waals surface area contributed by atoms with E-state index in [2.05, 4.69) is 17.6 Å². The Bertz CT molecular complexity index is 458. The summed E-state index contributed by atoms with van der Waals surface area (Å²) in [7, 11) is 0. The van der Waals surface area contributed by atoms with Gasteiger partial charge in [0.15, 0.2) is 6.61 Å². The van der Waals surface area contributed by atoms with Gasteiger partial charge >= 0.3 is 0 Å². The predicted molar refractivity (Wildman–Crippen MR) is 83.9 cm³/mol. The fourth-order valence-electron chi connectivity index (χ4n) is 2.75. The van der Waals surface area contributed by atoms with Crippen LogP contribution in [0.5, 0.6) is 5.75 Å². The molecule has 0 amide bonds. The standard InChI is InChI=1S/C16H22N2OS/c1-20-16-9-5-3-7-14(16)18-12-13-6-2-4-8-15(13)19-11-10-17/h2,4,6,8,14,16,18H,3,5,7,9,11-12H2,1H3. The summed E-state index contributed by atoms with van der Waals surface area (Å²) in [6.45, 7) is 0.914. The molecule has 1 N–H and O–H groups in total. The summed E-state index contributed by atoms with van der Waals surface area (Å²) in [5.74, 6) is 0.818. The van der Waals surface area contributed by atoms with Crippen LogP contribution in [0.25, 0.3) is 0 Å². The molecular formula is C16H22N2OS. The number of nitrogens with one attached hydrogen (secondary N) is 1. The van der Waals surface area contributed by atoms with Gasteiger partial charge in [0, 0.05) is 23.4 Å². The Kier molecular flexibility index (Phi) is 6.23. The summed E-state index contributed by atoms with van der Waals surface area (Å²) in [6.07, 6.45) is 7.44. The van der Waals surface area contributed by atoms with E-state index >= 15 is 0 Å². The van der Waals surface area contributed by atoms with Crippen LogP contribution in [-0.2, 0) is 6.54 Å². The van der Waals surface area contributed by atoms with Crippen LogP contribution < -0.4 is 10.1 Å². The molecule has 1 aromatic carbocycles. The van der Waals surface area contributed by atoms with E-state index in [4.69, 9.17) is 10.00 Å². The van der Waals surface area contributed by atoms with Crippen molar-refractivity contribution in [3.8, 4) is 11.8 Å². The Hall–Kier alpha value is -1.18. The molecule has 3 nitrogen and oxygen atoms in total. The molecule has 0 aliphatic heterocycles. The van der Waals surface area contributed by atoms with Gasteiger partial charge in [-0.3, -0.25) is 0 Å². The zero-order valence-corrected chi connectivity index (χ0v) is 12.8. The third-order valence-electron chi connectivity index (χ3n) is 3.82. The second-order valence-corrected chi connectivity index (χ2v) is 6.18. The van der Waals surface area contributed by atoms with E-state index in [1.54, 1.807) is 0 Å². The van der Waals surface area contributed by atoms with E-state index < -0.39 is 0 Å². The van der Waals surface area contributed by atoms with E-state index in [0.29, 0.717) is 6.04 Å². The molecule has 0 saturated heterocycles. The summed E-state index contributed by atoms with van der Waals surface area (Å²) >= 11 is 1.97. The fourth-order valence-corrected chi connectivity index (χ4v) is 3.72. The highest BCUT2D eigenvalue weighted by molar-refractivity contribution is 7.99. The van der Waals surface area contributed by atoms with Crippen molar-refractivity contribution in [2.24, 2.45) is 0 Å². The van der Waals surface area contributed by atoms with Crippen molar-refractivity contribution in [1.82, 2.24) is 5.32 Å². The second kappa shape index (κ2) is 8.18. The van der Waals surface area contributed by atoms with Crippen molar-refractivity contribution in [2.75, 3.05) is 12.9 Å². The fraction of sp³-hybridized carbons (Fsp3) is 0.562. The van der Waals surface area contributed by atoms with Gasteiger partial charge in [-0.05, 0) is 25.2 Å². The lowest BCUT2D eigenvalue weighted by Crippen LogP contribution is -2.40. The number of rotatable bonds is 6. The maximum atomic E-state index is 8.63. The molecule has 20 heavy (non-hydrogen) atoms. The van der Waals surface area contributed by atoms with Crippen molar-refractivity contribution in [3.63, 3.8) is 0 Å². The van der Waals surface area contributed by atoms with Crippen LogP contribution >= 0.6 is 11.8 Å². The van der Waals surface area contributed by atoms with Crippen LogP contribution in [0.4, 0.5) is 0 Å². The van der Waals surface area contributed by atoms with Crippen LogP contribution in [0.3, 0.4) is 0 Å². The van der Waals surface area contributed by atoms with E-state index in [0.717, 1.165) is 23.1 Å². The molecule has 2 atom stereocenters. The van der Waals surface area contributed by atoms with Gasteiger partial charge in [0.05, 0.1) is 0 Å². The molecule has 1 saturated carbocycles. The van der Waals surface area contributed by atoms with Crippen LogP contribution in [0.1, 0.15) is 31.2 Å². The Morgan fingerprint density at radius 2 is 2.15 bits per heavy atom. The first-order chi connectivity index (χ1) is 9.85. The molecule has 1 aliphatic rings. The first kappa shape index (κ1) is 15.2. The highest BCUT2D eigenvalue weighted by Gasteiger charge is 2.23. The highest BCUT2D eigenvalue weighted by atomic mass is 32.2. The molecule has 0 aromatic heterocycles. The van der Waals surface area contributed by atoms with Gasteiger partial charge in [0.1, 0.15) is 11.8 Å². The monoisotopic (exact) mass is 290 g/mol. The third kappa shape index (κ3) is 4.16. The lowest BCUT2D eigenvalue weighted by atomic mass is 9.94. The predicted octanol–water partition coefficient (Wildman–Crippen LogP) is 3.35. The average molecular weight is 290 g/mol. The maximum Gasteiger partial charge on any atom is 0.174 e. The first-order valence-corrected chi connectivity index (χ1v) is 8.47. The molecule has 0 spiro atoms. The normalized spacial score (nSPS) is 22.2. The molecule has 2 unspecified atom stereocenters. The quantitative estimate of drug-likeness (QED) is 0.872. The van der Waals surface area contributed by atoms with Gasteiger partial charge in [-0.2, -0.15) is 17.0 Å². The summed E-state index contributed by atoms with van der Waals surface area (Å²) < 4.78 is 5.47. The number of benzene rings is 1. The molecular weight excluding hydrogens is 268 g/mol. The van der Waals surface area contributed by atoms with Crippen molar-refractivity contribution in [2.45, 2.75) is 43.5 Å². The van der Waals surface area contributed by atoms with Crippen molar-refractivity contribution < 1.29 is 4.74 Å². The number of hydrogen-bond acceptors (Lipinski definition) is 4. The average Bonchev–Trinajstić information content (AvgIpc) is 2.52. The summed E-state index contributed by atoms with van der Waals surface area (Å²) in [5.41, 5.74) is 1.13. The van der Waals surface area contributed by atoms with Crippen LogP contribution in [0, 0.1) is 11.3 Å². The first-order valence-electron chi connectivity index (χ1n) is 7.19. The van der Waals surface area contributed by atoms with Gasteiger partial charge in [-0.25, -0.2) is 0 Å². The number of nitriles is 1. The Morgan fingerprint density at radius 3 is 2.95 bits per heavy atom. The summed E-state index contributed by atoms with van der Waals surface area (Å²) in [5, 5.41) is 13.0. The second-order valence-electron chi connectivity index (χ2n) is 5.10. The zero-order chi connectivity index (χ0) is 14.2. The lowest BCUT2D eigenvalue weighted by Gasteiger charge is -2.31. The molecule has 0 heterocycles. The van der Waals surface area contributed by atoms with Gasteiger partial charge < -0.3 is 10.1 Å². The minimum absolute atomic E-state index is 0.105. The number of nitrogens with zero attached hydrogens (tertiary/aromatic N) is 1. The number of ether oxygens (including phenoxy) is 1. The molecule has 1 fully saturated rings. The van der Waals surface area contributed by atoms with Crippen LogP contribution in [0.2, 0.25) is 0 Å². The van der Waals surface area contributed by atoms with E-state index in [-0.39, 0.29) is 6.61 Å². The molecule has 4 heteroatoms. The van der Waals surface area contributed by atoms with Gasteiger partial charge in [0.25, 0.3) is 0 Å². The molecule has 1 aliphatic carbocycles. The highest BCUT2D eigenvalue weighted by Crippen LogP contribution is 2.28. The molecule has 2 rings (SSSR count).